The molecule has 3 nitrogen and oxygen atoms in total. The third-order valence-electron chi connectivity index (χ3n) is 1.71. The molecular formula is C8H6BrClN2O. The third kappa shape index (κ3) is 1.40. The molecule has 0 unspecified atom stereocenters. The molecule has 0 radical (unpaired) electrons. The molecule has 0 bridgehead atoms. The largest absolute Gasteiger partial charge is 0.482 e. The number of hydrogen-bond acceptors (Lipinski definition) is 2. The Labute approximate surface area is 88.4 Å². The molecule has 0 N–H and O–H groups in total. The minimum Gasteiger partial charge on any atom is -0.482 e. The molecule has 2 rings (SSSR count). The zero-order valence-electron chi connectivity index (χ0n) is 6.79. The van der Waals surface area contributed by atoms with Crippen LogP contribution in [-0.2, 0) is 0 Å². The normalized spacial score (nSPS) is 10.7. The van der Waals surface area contributed by atoms with E-state index in [4.69, 9.17) is 16.3 Å². The van der Waals surface area contributed by atoms with Crippen LogP contribution in [0, 0.1) is 0 Å². The van der Waals surface area contributed by atoms with Gasteiger partial charge in [0.25, 0.3) is 0 Å². The van der Waals surface area contributed by atoms with Gasteiger partial charge in [-0.1, -0.05) is 11.6 Å². The molecule has 0 amide bonds. The maximum absolute atomic E-state index is 5.94. The number of aromatic nitrogens is 2. The van der Waals surface area contributed by atoms with E-state index in [1.165, 1.54) is 0 Å². The summed E-state index contributed by atoms with van der Waals surface area (Å²) < 4.78 is 7.66. The van der Waals surface area contributed by atoms with Crippen molar-refractivity contribution in [2.45, 2.75) is 0 Å². The first-order chi connectivity index (χ1) is 6.22. The lowest BCUT2D eigenvalue weighted by Crippen LogP contribution is -1.92. The monoisotopic (exact) mass is 260 g/mol. The first-order valence-corrected chi connectivity index (χ1v) is 4.76. The van der Waals surface area contributed by atoms with Gasteiger partial charge in [0.1, 0.15) is 4.60 Å². The van der Waals surface area contributed by atoms with Crippen molar-refractivity contribution in [3.8, 4) is 5.88 Å². The highest BCUT2D eigenvalue weighted by Crippen LogP contribution is 2.24. The van der Waals surface area contributed by atoms with E-state index in [0.29, 0.717) is 16.5 Å². The van der Waals surface area contributed by atoms with Gasteiger partial charge in [0.15, 0.2) is 11.5 Å². The summed E-state index contributed by atoms with van der Waals surface area (Å²) >= 11 is 9.22. The summed E-state index contributed by atoms with van der Waals surface area (Å²) in [6.07, 6.45) is 1.81. The highest BCUT2D eigenvalue weighted by molar-refractivity contribution is 9.10. The third-order valence-corrected chi connectivity index (χ3v) is 2.39. The van der Waals surface area contributed by atoms with Crippen LogP contribution in [0.4, 0.5) is 0 Å². The number of methoxy groups -OCH3 is 1. The van der Waals surface area contributed by atoms with Crippen LogP contribution in [0.15, 0.2) is 22.9 Å². The number of halogens is 2. The van der Waals surface area contributed by atoms with E-state index in [-0.39, 0.29) is 0 Å². The smallest absolute Gasteiger partial charge is 0.199 e. The van der Waals surface area contributed by atoms with Crippen LogP contribution < -0.4 is 4.74 Å². The molecule has 0 saturated heterocycles. The molecule has 0 atom stereocenters. The number of hydrogen-bond donors (Lipinski definition) is 0. The molecule has 2 aromatic rings. The van der Waals surface area contributed by atoms with Gasteiger partial charge in [0, 0.05) is 12.3 Å². The van der Waals surface area contributed by atoms with Crippen molar-refractivity contribution in [1.29, 1.82) is 0 Å². The second kappa shape index (κ2) is 3.20. The van der Waals surface area contributed by atoms with Crippen LogP contribution in [0.1, 0.15) is 0 Å². The molecule has 0 fully saturated rings. The Kier molecular flexibility index (Phi) is 2.17. The Morgan fingerprint density at radius 3 is 3.00 bits per heavy atom. The van der Waals surface area contributed by atoms with Gasteiger partial charge in [0.05, 0.1) is 12.1 Å². The first kappa shape index (κ1) is 8.84. The van der Waals surface area contributed by atoms with E-state index in [0.717, 1.165) is 4.60 Å². The average molecular weight is 262 g/mol. The second-order valence-corrected chi connectivity index (χ2v) is 3.70. The van der Waals surface area contributed by atoms with Gasteiger partial charge in [-0.05, 0) is 22.0 Å². The maximum Gasteiger partial charge on any atom is 0.199 e. The number of nitrogens with zero attached hydrogens (tertiary/aromatic N) is 2. The van der Waals surface area contributed by atoms with Gasteiger partial charge < -0.3 is 4.74 Å². The number of fused-ring (bicyclic) bond motifs is 1. The fraction of sp³-hybridized carbons (Fsp3) is 0.125. The maximum atomic E-state index is 5.94. The first-order valence-electron chi connectivity index (χ1n) is 3.59. The Hall–Kier alpha value is -0.740. The Morgan fingerprint density at radius 2 is 2.31 bits per heavy atom. The van der Waals surface area contributed by atoms with E-state index >= 15 is 0 Å². The lowest BCUT2D eigenvalue weighted by molar-refractivity contribution is 0.392. The fourth-order valence-corrected chi connectivity index (χ4v) is 1.72. The van der Waals surface area contributed by atoms with Gasteiger partial charge in [-0.2, -0.15) is 0 Å². The van der Waals surface area contributed by atoms with Gasteiger partial charge in [-0.15, -0.1) is 0 Å². The SMILES string of the molecule is COc1ccc(Cl)c2nc(Br)cn12. The zero-order valence-corrected chi connectivity index (χ0v) is 9.13. The Balaban J connectivity index is 2.83. The molecule has 13 heavy (non-hydrogen) atoms. The lowest BCUT2D eigenvalue weighted by Gasteiger charge is -2.03. The number of imidazole rings is 1. The molecule has 0 aliphatic rings. The van der Waals surface area contributed by atoms with Crippen LogP contribution in [0.5, 0.6) is 5.88 Å². The molecule has 0 spiro atoms. The molecule has 0 aromatic carbocycles. The molecule has 0 aliphatic heterocycles. The van der Waals surface area contributed by atoms with Crippen molar-refractivity contribution in [2.24, 2.45) is 0 Å². The van der Waals surface area contributed by atoms with E-state index in [2.05, 4.69) is 20.9 Å². The quantitative estimate of drug-likeness (QED) is 0.789. The minimum atomic E-state index is 0.603. The summed E-state index contributed by atoms with van der Waals surface area (Å²) in [5, 5.41) is 0.603. The molecule has 0 saturated carbocycles. The summed E-state index contributed by atoms with van der Waals surface area (Å²) in [6, 6.07) is 3.55. The van der Waals surface area contributed by atoms with Crippen LogP contribution in [-0.4, -0.2) is 16.5 Å². The fourth-order valence-electron chi connectivity index (χ4n) is 1.15. The van der Waals surface area contributed by atoms with Crippen LogP contribution in [0.3, 0.4) is 0 Å². The number of rotatable bonds is 1. The van der Waals surface area contributed by atoms with E-state index < -0.39 is 0 Å². The van der Waals surface area contributed by atoms with Crippen molar-refractivity contribution < 1.29 is 4.74 Å². The van der Waals surface area contributed by atoms with Crippen molar-refractivity contribution >= 4 is 33.2 Å². The minimum absolute atomic E-state index is 0.603. The molecule has 68 valence electrons. The van der Waals surface area contributed by atoms with Gasteiger partial charge in [0.2, 0.25) is 0 Å². The molecular weight excluding hydrogens is 255 g/mol. The zero-order chi connectivity index (χ0) is 9.42. The van der Waals surface area contributed by atoms with Crippen LogP contribution in [0.2, 0.25) is 5.02 Å². The number of ether oxygens (including phenoxy) is 1. The average Bonchev–Trinajstić information content (AvgIpc) is 2.48. The van der Waals surface area contributed by atoms with Crippen molar-refractivity contribution in [3.63, 3.8) is 0 Å². The highest BCUT2D eigenvalue weighted by atomic mass is 79.9. The summed E-state index contributed by atoms with van der Waals surface area (Å²) in [5.41, 5.74) is 0.688. The van der Waals surface area contributed by atoms with E-state index in [1.807, 2.05) is 0 Å². The van der Waals surface area contributed by atoms with Crippen LogP contribution >= 0.6 is 27.5 Å². The van der Waals surface area contributed by atoms with Crippen molar-refractivity contribution in [3.05, 3.63) is 28.0 Å². The van der Waals surface area contributed by atoms with Gasteiger partial charge in [-0.25, -0.2) is 4.98 Å². The predicted molar refractivity (Wildman–Crippen MR) is 54.5 cm³/mol. The molecule has 5 heteroatoms. The predicted octanol–water partition coefficient (Wildman–Crippen LogP) is 2.76. The number of pyridine rings is 1. The van der Waals surface area contributed by atoms with Crippen LogP contribution in [0.25, 0.3) is 5.65 Å². The molecule has 0 aliphatic carbocycles. The standard InChI is InChI=1S/C8H6BrClN2O/c1-13-7-3-2-5(10)8-11-6(9)4-12(7)8/h2-4H,1H3. The Morgan fingerprint density at radius 1 is 1.54 bits per heavy atom. The second-order valence-electron chi connectivity index (χ2n) is 2.48. The topological polar surface area (TPSA) is 26.5 Å². The van der Waals surface area contributed by atoms with E-state index in [1.54, 1.807) is 29.8 Å². The molecule has 2 aromatic heterocycles. The molecule has 2 heterocycles. The van der Waals surface area contributed by atoms with Gasteiger partial charge >= 0.3 is 0 Å². The highest BCUT2D eigenvalue weighted by Gasteiger charge is 2.07. The summed E-state index contributed by atoms with van der Waals surface area (Å²) in [5.74, 6) is 0.706. The van der Waals surface area contributed by atoms with Crippen molar-refractivity contribution in [2.75, 3.05) is 7.11 Å². The summed E-state index contributed by atoms with van der Waals surface area (Å²) in [4.78, 5) is 4.19. The van der Waals surface area contributed by atoms with Crippen molar-refractivity contribution in [1.82, 2.24) is 9.38 Å². The van der Waals surface area contributed by atoms with Gasteiger partial charge in [-0.3, -0.25) is 4.40 Å². The summed E-state index contributed by atoms with van der Waals surface area (Å²) in [7, 11) is 1.61. The van der Waals surface area contributed by atoms with E-state index in [9.17, 15) is 0 Å². The lowest BCUT2D eigenvalue weighted by atomic mass is 10.4. The Bertz CT molecular complexity index is 455. The summed E-state index contributed by atoms with van der Waals surface area (Å²) in [6.45, 7) is 0.